The maximum absolute atomic E-state index is 13.9. The Morgan fingerprint density at radius 1 is 1.19 bits per heavy atom. The third-order valence-electron chi connectivity index (χ3n) is 6.31. The minimum Gasteiger partial charge on any atom is -0.489 e. The molecule has 0 unspecified atom stereocenters. The maximum Gasteiger partial charge on any atom is 0.433 e. The van der Waals surface area contributed by atoms with Gasteiger partial charge in [-0.15, -0.1) is 0 Å². The molecule has 0 bridgehead atoms. The number of halogens is 4. The van der Waals surface area contributed by atoms with Crippen LogP contribution in [0.25, 0.3) is 11.0 Å². The van der Waals surface area contributed by atoms with E-state index in [1.807, 2.05) is 0 Å². The fourth-order valence-corrected chi connectivity index (χ4v) is 4.39. The van der Waals surface area contributed by atoms with E-state index < -0.39 is 23.1 Å². The zero-order chi connectivity index (χ0) is 26.1. The van der Waals surface area contributed by atoms with Crippen molar-refractivity contribution < 1.29 is 31.5 Å². The first-order chi connectivity index (χ1) is 16.9. The van der Waals surface area contributed by atoms with Crippen LogP contribution in [0.4, 0.5) is 17.6 Å². The summed E-state index contributed by atoms with van der Waals surface area (Å²) in [5.74, 6) is 0.383. The molecule has 1 amide bonds. The number of carbonyl (C=O) groups is 1. The highest BCUT2D eigenvalue weighted by molar-refractivity contribution is 6.07. The van der Waals surface area contributed by atoms with Gasteiger partial charge in [0.25, 0.3) is 5.91 Å². The second-order valence-corrected chi connectivity index (χ2v) is 9.90. The van der Waals surface area contributed by atoms with Gasteiger partial charge in [-0.2, -0.15) is 13.2 Å². The van der Waals surface area contributed by atoms with Crippen molar-refractivity contribution in [2.45, 2.75) is 64.0 Å². The number of amides is 1. The first kappa shape index (κ1) is 25.9. The van der Waals surface area contributed by atoms with Crippen molar-refractivity contribution in [2.75, 3.05) is 13.1 Å². The van der Waals surface area contributed by atoms with Gasteiger partial charge in [0.2, 0.25) is 0 Å². The van der Waals surface area contributed by atoms with Crippen molar-refractivity contribution in [3.63, 3.8) is 0 Å². The largest absolute Gasteiger partial charge is 0.489 e. The number of hydrogen-bond acceptors (Lipinski definition) is 5. The molecule has 0 saturated heterocycles. The number of aryl methyl sites for hydroxylation is 1. The number of nitrogens with one attached hydrogen (secondary N) is 2. The van der Waals surface area contributed by atoms with Gasteiger partial charge < -0.3 is 19.8 Å². The molecule has 4 rings (SSSR count). The Bertz CT molecular complexity index is 1240. The molecule has 3 aromatic rings. The number of benzene rings is 1. The van der Waals surface area contributed by atoms with Crippen LogP contribution in [0, 0.1) is 6.92 Å². The highest BCUT2D eigenvalue weighted by atomic mass is 19.4. The van der Waals surface area contributed by atoms with Gasteiger partial charge in [0.1, 0.15) is 29.4 Å². The number of carbonyl (C=O) groups excluding carboxylic acids is 1. The lowest BCUT2D eigenvalue weighted by Gasteiger charge is -2.43. The zero-order valence-electron chi connectivity index (χ0n) is 20.4. The minimum absolute atomic E-state index is 0.0951. The maximum atomic E-state index is 13.9. The molecule has 1 fully saturated rings. The average Bonchev–Trinajstić information content (AvgIpc) is 3.09. The Hall–Kier alpha value is -3.14. The molecule has 0 radical (unpaired) electrons. The average molecular weight is 508 g/mol. The van der Waals surface area contributed by atoms with Gasteiger partial charge >= 0.3 is 6.18 Å². The van der Waals surface area contributed by atoms with Crippen molar-refractivity contribution in [3.8, 4) is 5.75 Å². The number of fused-ring (bicyclic) bond motifs is 1. The second-order valence-electron chi connectivity index (χ2n) is 9.90. The van der Waals surface area contributed by atoms with Crippen molar-refractivity contribution in [3.05, 3.63) is 59.1 Å². The van der Waals surface area contributed by atoms with Crippen LogP contribution in [0.15, 0.2) is 40.9 Å². The summed E-state index contributed by atoms with van der Waals surface area (Å²) in [6.45, 7) is 4.94. The molecule has 1 aromatic carbocycles. The second kappa shape index (κ2) is 9.72. The molecule has 194 valence electrons. The van der Waals surface area contributed by atoms with Crippen molar-refractivity contribution in [1.29, 1.82) is 0 Å². The number of nitrogens with zero attached hydrogens (tertiary/aromatic N) is 1. The molecule has 36 heavy (non-hydrogen) atoms. The van der Waals surface area contributed by atoms with E-state index in [1.165, 1.54) is 26.0 Å². The van der Waals surface area contributed by atoms with Gasteiger partial charge in [0.15, 0.2) is 5.69 Å². The highest BCUT2D eigenvalue weighted by Crippen LogP contribution is 2.35. The smallest absolute Gasteiger partial charge is 0.433 e. The number of alkyl halides is 4. The molecule has 10 heteroatoms. The van der Waals surface area contributed by atoms with Gasteiger partial charge in [-0.1, -0.05) is 6.07 Å². The first-order valence-corrected chi connectivity index (χ1v) is 11.8. The van der Waals surface area contributed by atoms with Gasteiger partial charge in [-0.3, -0.25) is 9.78 Å². The van der Waals surface area contributed by atoms with E-state index in [9.17, 15) is 22.4 Å². The number of rotatable bonds is 9. The molecule has 2 N–H and O–H groups in total. The number of pyridine rings is 1. The normalized spacial score (nSPS) is 15.5. The lowest BCUT2D eigenvalue weighted by Crippen LogP contribution is -2.60. The summed E-state index contributed by atoms with van der Waals surface area (Å²) in [6, 6.07) is 7.50. The van der Waals surface area contributed by atoms with Crippen LogP contribution in [0.5, 0.6) is 5.75 Å². The molecule has 2 heterocycles. The van der Waals surface area contributed by atoms with Crippen LogP contribution in [0.3, 0.4) is 0 Å². The molecule has 0 spiro atoms. The summed E-state index contributed by atoms with van der Waals surface area (Å²) >= 11 is 0. The van der Waals surface area contributed by atoms with Crippen LogP contribution >= 0.6 is 0 Å². The zero-order valence-corrected chi connectivity index (χ0v) is 20.4. The van der Waals surface area contributed by atoms with Crippen LogP contribution in [-0.2, 0) is 12.8 Å². The summed E-state index contributed by atoms with van der Waals surface area (Å²) < 4.78 is 65.0. The molecule has 1 aliphatic carbocycles. The van der Waals surface area contributed by atoms with Gasteiger partial charge in [-0.25, -0.2) is 4.39 Å². The summed E-state index contributed by atoms with van der Waals surface area (Å²) in [5.41, 5.74) is -2.13. The van der Waals surface area contributed by atoms with Gasteiger partial charge in [0.05, 0.1) is 11.1 Å². The molecule has 6 nitrogen and oxygen atoms in total. The van der Waals surface area contributed by atoms with E-state index in [1.54, 1.807) is 25.1 Å². The third kappa shape index (κ3) is 5.80. The van der Waals surface area contributed by atoms with Crippen molar-refractivity contribution in [2.24, 2.45) is 0 Å². The molecule has 0 atom stereocenters. The van der Waals surface area contributed by atoms with Crippen molar-refractivity contribution in [1.82, 2.24) is 15.6 Å². The topological polar surface area (TPSA) is 76.4 Å². The number of furan rings is 1. The Labute approximate surface area is 206 Å². The van der Waals surface area contributed by atoms with Crippen LogP contribution in [-0.4, -0.2) is 35.2 Å². The Balaban J connectivity index is 1.52. The lowest BCUT2D eigenvalue weighted by atomic mass is 9.76. The first-order valence-electron chi connectivity index (χ1n) is 11.8. The Morgan fingerprint density at radius 2 is 1.94 bits per heavy atom. The monoisotopic (exact) mass is 507 g/mol. The predicted molar refractivity (Wildman–Crippen MR) is 127 cm³/mol. The van der Waals surface area contributed by atoms with Crippen LogP contribution < -0.4 is 15.4 Å². The summed E-state index contributed by atoms with van der Waals surface area (Å²) in [5, 5.41) is 6.70. The lowest BCUT2D eigenvalue weighted by molar-refractivity contribution is -0.142. The fourth-order valence-electron chi connectivity index (χ4n) is 4.39. The molecular weight excluding hydrogens is 478 g/mol. The van der Waals surface area contributed by atoms with Gasteiger partial charge in [-0.05, 0) is 64.3 Å². The number of ether oxygens (including phenoxy) is 1. The van der Waals surface area contributed by atoms with E-state index in [0.717, 1.165) is 25.5 Å². The molecular formula is C26H29F4N3O3. The van der Waals surface area contributed by atoms with Gasteiger partial charge in [0, 0.05) is 30.2 Å². The molecule has 0 aliphatic heterocycles. The van der Waals surface area contributed by atoms with E-state index in [4.69, 9.17) is 9.15 Å². The summed E-state index contributed by atoms with van der Waals surface area (Å²) in [4.78, 5) is 16.7. The molecule has 1 saturated carbocycles. The van der Waals surface area contributed by atoms with E-state index in [2.05, 4.69) is 15.6 Å². The van der Waals surface area contributed by atoms with E-state index >= 15 is 0 Å². The Kier molecular flexibility index (Phi) is 7.01. The summed E-state index contributed by atoms with van der Waals surface area (Å²) in [6.07, 6.45) is -1.01. The summed E-state index contributed by atoms with van der Waals surface area (Å²) in [7, 11) is 0. The number of hydrogen-bond donors (Lipinski definition) is 2. The van der Waals surface area contributed by atoms with Crippen molar-refractivity contribution >= 4 is 16.9 Å². The molecule has 1 aliphatic rings. The van der Waals surface area contributed by atoms with Crippen LogP contribution in [0.2, 0.25) is 0 Å². The minimum atomic E-state index is -4.59. The quantitative estimate of drug-likeness (QED) is 0.362. The number of aromatic nitrogens is 1. The fraction of sp³-hybridized carbons (Fsp3) is 0.462. The van der Waals surface area contributed by atoms with E-state index in [-0.39, 0.29) is 24.6 Å². The third-order valence-corrected chi connectivity index (χ3v) is 6.31. The van der Waals surface area contributed by atoms with E-state index in [0.29, 0.717) is 34.6 Å². The highest BCUT2D eigenvalue weighted by Gasteiger charge is 2.39. The standard InChI is InChI=1S/C26H29F4N3O3/c1-16-21(23(34)33-25(9-5-10-25)15-31-14-24(2,3)27)19-12-18(7-8-20(19)36-16)35-13-17-6-4-11-32-22(17)26(28,29)30/h4,6-8,11-12,31H,5,9-10,13-15H2,1-3H3,(H,33,34). The Morgan fingerprint density at radius 3 is 2.58 bits per heavy atom. The predicted octanol–water partition coefficient (Wildman–Crippen LogP) is 5.72. The molecule has 2 aromatic heterocycles. The van der Waals surface area contributed by atoms with Crippen LogP contribution in [0.1, 0.15) is 60.5 Å². The SMILES string of the molecule is Cc1oc2ccc(OCc3cccnc3C(F)(F)F)cc2c1C(=O)NC1(CNCC(C)(C)F)CCC1.